The zero-order chi connectivity index (χ0) is 25.3. The monoisotopic (exact) mass is 487 g/mol. The van der Waals surface area contributed by atoms with Crippen molar-refractivity contribution < 1.29 is 9.84 Å². The number of phenols is 1. The predicted octanol–water partition coefficient (Wildman–Crippen LogP) is 4.82. The molecule has 0 spiro atoms. The smallest absolute Gasteiger partial charge is 0.350 e. The van der Waals surface area contributed by atoms with Crippen LogP contribution in [0.2, 0.25) is 0 Å². The summed E-state index contributed by atoms with van der Waals surface area (Å²) in [6, 6.07) is 24.5. The van der Waals surface area contributed by atoms with Gasteiger partial charge in [-0.1, -0.05) is 37.3 Å². The maximum Gasteiger partial charge on any atom is 0.350 e. The van der Waals surface area contributed by atoms with Crippen LogP contribution in [0.15, 0.2) is 90.0 Å². The van der Waals surface area contributed by atoms with Gasteiger partial charge in [0.05, 0.1) is 24.4 Å². The van der Waals surface area contributed by atoms with Crippen molar-refractivity contribution in [1.82, 2.24) is 14.3 Å². The zero-order valence-corrected chi connectivity index (χ0v) is 20.7. The molecule has 188 valence electrons. The minimum Gasteiger partial charge on any atom is -0.508 e. The summed E-state index contributed by atoms with van der Waals surface area (Å²) >= 11 is 0. The number of rotatable bonds is 12. The molecule has 3 aromatic carbocycles. The summed E-state index contributed by atoms with van der Waals surface area (Å²) < 4.78 is 9.15. The van der Waals surface area contributed by atoms with Crippen molar-refractivity contribution in [3.05, 3.63) is 101 Å². The highest BCUT2D eigenvalue weighted by molar-refractivity contribution is 5.49. The lowest BCUT2D eigenvalue weighted by Crippen LogP contribution is -2.33. The largest absolute Gasteiger partial charge is 0.508 e. The van der Waals surface area contributed by atoms with Crippen molar-refractivity contribution >= 4 is 11.4 Å². The molecule has 1 aromatic heterocycles. The van der Waals surface area contributed by atoms with E-state index in [1.807, 2.05) is 80.6 Å². The topological polar surface area (TPSA) is 93.3 Å². The summed E-state index contributed by atoms with van der Waals surface area (Å²) in [6.07, 6.45) is 2.13. The van der Waals surface area contributed by atoms with Gasteiger partial charge in [0.1, 0.15) is 12.1 Å². The Morgan fingerprint density at radius 2 is 1.53 bits per heavy atom. The highest BCUT2D eigenvalue weighted by Gasteiger charge is 2.22. The third-order valence-electron chi connectivity index (χ3n) is 6.12. The molecule has 1 heterocycles. The van der Waals surface area contributed by atoms with Crippen LogP contribution in [0.1, 0.15) is 31.9 Å². The number of nitrogens with one attached hydrogen (secondary N) is 2. The Hall–Kier alpha value is -4.04. The van der Waals surface area contributed by atoms with Gasteiger partial charge in [0, 0.05) is 24.5 Å². The summed E-state index contributed by atoms with van der Waals surface area (Å²) in [5.41, 5.74) is 3.58. The van der Waals surface area contributed by atoms with Crippen molar-refractivity contribution in [2.75, 3.05) is 23.7 Å². The van der Waals surface area contributed by atoms with E-state index in [4.69, 9.17) is 4.74 Å². The summed E-state index contributed by atoms with van der Waals surface area (Å²) in [6.45, 7) is 5.96. The molecule has 0 unspecified atom stereocenters. The number of phenolic OH excluding ortho intramolecular Hbond substituents is 1. The molecule has 0 aliphatic carbocycles. The van der Waals surface area contributed by atoms with Crippen LogP contribution in [0, 0.1) is 0 Å². The minimum absolute atomic E-state index is 0.163. The van der Waals surface area contributed by atoms with Gasteiger partial charge >= 0.3 is 5.69 Å². The van der Waals surface area contributed by atoms with E-state index in [1.165, 1.54) is 4.68 Å². The molecule has 0 saturated heterocycles. The molecular weight excluding hydrogens is 454 g/mol. The zero-order valence-electron chi connectivity index (χ0n) is 20.7. The number of aromatic nitrogens is 3. The van der Waals surface area contributed by atoms with Crippen LogP contribution in [0.3, 0.4) is 0 Å². The highest BCUT2D eigenvalue weighted by Crippen LogP contribution is 2.19. The predicted molar refractivity (Wildman–Crippen MR) is 143 cm³/mol. The lowest BCUT2D eigenvalue weighted by Gasteiger charge is -2.22. The van der Waals surface area contributed by atoms with E-state index < -0.39 is 0 Å². The first-order chi connectivity index (χ1) is 17.5. The number of nitrogens with zero attached hydrogens (tertiary/aromatic N) is 3. The molecule has 0 radical (unpaired) electrons. The molecule has 2 atom stereocenters. The Kier molecular flexibility index (Phi) is 8.41. The SMILES string of the molecule is CC[C@@H]([C@H](C)OCc1ccccc1)n1ncn(-c2ccc(NCCNc3ccc(O)cc3)cc2)c1=O. The maximum atomic E-state index is 13.2. The van der Waals surface area contributed by atoms with E-state index in [1.54, 1.807) is 23.0 Å². The van der Waals surface area contributed by atoms with Crippen molar-refractivity contribution in [3.63, 3.8) is 0 Å². The van der Waals surface area contributed by atoms with E-state index in [9.17, 15) is 9.90 Å². The molecule has 4 aromatic rings. The van der Waals surface area contributed by atoms with Crippen molar-refractivity contribution in [2.45, 2.75) is 39.0 Å². The second-order valence-electron chi connectivity index (χ2n) is 8.65. The second-order valence-corrected chi connectivity index (χ2v) is 8.65. The van der Waals surface area contributed by atoms with Crippen molar-refractivity contribution in [2.24, 2.45) is 0 Å². The van der Waals surface area contributed by atoms with E-state index in [2.05, 4.69) is 15.7 Å². The van der Waals surface area contributed by atoms with Gasteiger partial charge in [0.15, 0.2) is 0 Å². The molecule has 36 heavy (non-hydrogen) atoms. The van der Waals surface area contributed by atoms with Gasteiger partial charge in [-0.3, -0.25) is 0 Å². The number of anilines is 2. The lowest BCUT2D eigenvalue weighted by molar-refractivity contribution is 0.0117. The van der Waals surface area contributed by atoms with Gasteiger partial charge in [0.2, 0.25) is 0 Å². The molecule has 0 saturated carbocycles. The third kappa shape index (κ3) is 6.34. The fraction of sp³-hybridized carbons (Fsp3) is 0.286. The van der Waals surface area contributed by atoms with Crippen LogP contribution < -0.4 is 16.3 Å². The van der Waals surface area contributed by atoms with Gasteiger partial charge in [0.25, 0.3) is 0 Å². The number of ether oxygens (including phenoxy) is 1. The number of benzene rings is 3. The van der Waals surface area contributed by atoms with E-state index >= 15 is 0 Å². The second kappa shape index (κ2) is 12.1. The number of aromatic hydroxyl groups is 1. The highest BCUT2D eigenvalue weighted by atomic mass is 16.5. The van der Waals surface area contributed by atoms with Gasteiger partial charge < -0.3 is 20.5 Å². The van der Waals surface area contributed by atoms with Gasteiger partial charge in [-0.05, 0) is 67.4 Å². The summed E-state index contributed by atoms with van der Waals surface area (Å²) in [4.78, 5) is 13.2. The Labute approximate surface area is 211 Å². The van der Waals surface area contributed by atoms with Crippen LogP contribution in [0.5, 0.6) is 5.75 Å². The van der Waals surface area contributed by atoms with Gasteiger partial charge in [-0.15, -0.1) is 0 Å². The summed E-state index contributed by atoms with van der Waals surface area (Å²) in [5.74, 6) is 0.250. The molecule has 3 N–H and O–H groups in total. The number of hydrogen-bond acceptors (Lipinski definition) is 6. The fourth-order valence-electron chi connectivity index (χ4n) is 4.07. The Bertz CT molecular complexity index is 1270. The first-order valence-electron chi connectivity index (χ1n) is 12.2. The molecule has 4 rings (SSSR count). The molecule has 0 fully saturated rings. The third-order valence-corrected chi connectivity index (χ3v) is 6.12. The molecular formula is C28H33N5O3. The summed E-state index contributed by atoms with van der Waals surface area (Å²) in [5, 5.41) is 20.4. The Morgan fingerprint density at radius 1 is 0.917 bits per heavy atom. The van der Waals surface area contributed by atoms with Crippen molar-refractivity contribution in [3.8, 4) is 11.4 Å². The van der Waals surface area contributed by atoms with E-state index in [0.717, 1.165) is 42.1 Å². The Balaban J connectivity index is 1.33. The minimum atomic E-state index is -0.184. The normalized spacial score (nSPS) is 12.7. The maximum absolute atomic E-state index is 13.2. The number of hydrogen-bond donors (Lipinski definition) is 3. The first-order valence-corrected chi connectivity index (χ1v) is 12.2. The fourth-order valence-corrected chi connectivity index (χ4v) is 4.07. The molecule has 0 bridgehead atoms. The van der Waals surface area contributed by atoms with E-state index in [-0.39, 0.29) is 23.6 Å². The van der Waals surface area contributed by atoms with Crippen LogP contribution >= 0.6 is 0 Å². The van der Waals surface area contributed by atoms with Gasteiger partial charge in [-0.25, -0.2) is 14.0 Å². The van der Waals surface area contributed by atoms with Crippen LogP contribution in [-0.4, -0.2) is 38.6 Å². The quantitative estimate of drug-likeness (QED) is 0.196. The summed E-state index contributed by atoms with van der Waals surface area (Å²) in [7, 11) is 0. The molecule has 0 aliphatic heterocycles. The average Bonchev–Trinajstić information content (AvgIpc) is 3.28. The van der Waals surface area contributed by atoms with Crippen LogP contribution in [0.25, 0.3) is 5.69 Å². The van der Waals surface area contributed by atoms with E-state index in [0.29, 0.717) is 6.61 Å². The average molecular weight is 488 g/mol. The van der Waals surface area contributed by atoms with Crippen LogP contribution in [0.4, 0.5) is 11.4 Å². The molecule has 8 nitrogen and oxygen atoms in total. The Morgan fingerprint density at radius 3 is 2.14 bits per heavy atom. The molecule has 0 aliphatic rings. The molecule has 8 heteroatoms. The van der Waals surface area contributed by atoms with Gasteiger partial charge in [-0.2, -0.15) is 5.10 Å². The van der Waals surface area contributed by atoms with Crippen LogP contribution in [-0.2, 0) is 11.3 Å². The van der Waals surface area contributed by atoms with Crippen molar-refractivity contribution in [1.29, 1.82) is 0 Å². The molecule has 0 amide bonds. The lowest BCUT2D eigenvalue weighted by atomic mass is 10.1. The first kappa shape index (κ1) is 25.1. The standard InChI is InChI=1S/C28H33N5O3/c1-3-27(21(2)36-19-22-7-5-4-6-8-22)33-28(35)32(20-31-33)25-13-9-23(10-14-25)29-17-18-30-24-11-15-26(34)16-12-24/h4-16,20-21,27,29-30,34H,3,17-19H2,1-2H3/t21-,27-/m0/s1.